The average Bonchev–Trinajstić information content (AvgIpc) is 2.67. The Balaban J connectivity index is 1.77. The summed E-state index contributed by atoms with van der Waals surface area (Å²) in [6.07, 6.45) is 5.23. The topological polar surface area (TPSA) is 62.2 Å². The number of guanidine groups is 1. The highest BCUT2D eigenvalue weighted by Gasteiger charge is 2.21. The molecule has 7 nitrogen and oxygen atoms in total. The molecule has 1 aromatic heterocycles. The molecule has 0 amide bonds. The maximum absolute atomic E-state index is 5.93. The van der Waals surface area contributed by atoms with Crippen LogP contribution in [0.1, 0.15) is 24.8 Å². The molecule has 0 radical (unpaired) electrons. The van der Waals surface area contributed by atoms with Crippen molar-refractivity contribution in [2.75, 3.05) is 59.5 Å². The molecule has 0 unspecified atom stereocenters. The van der Waals surface area contributed by atoms with Crippen molar-refractivity contribution in [1.82, 2.24) is 15.2 Å². The third-order valence-corrected chi connectivity index (χ3v) is 4.52. The van der Waals surface area contributed by atoms with Gasteiger partial charge < -0.3 is 24.6 Å². The minimum absolute atomic E-state index is 0.351. The van der Waals surface area contributed by atoms with Crippen LogP contribution in [0, 0.1) is 0 Å². The van der Waals surface area contributed by atoms with E-state index >= 15 is 0 Å². The minimum Gasteiger partial charge on any atom is -0.385 e. The lowest BCUT2D eigenvalue weighted by molar-refractivity contribution is 0.00989. The van der Waals surface area contributed by atoms with Gasteiger partial charge in [0.05, 0.1) is 6.10 Å². The zero-order valence-electron chi connectivity index (χ0n) is 16.6. The van der Waals surface area contributed by atoms with Gasteiger partial charge in [0.2, 0.25) is 0 Å². The molecular formula is C19H33N5O2. The molecule has 0 aromatic carbocycles. The van der Waals surface area contributed by atoms with Gasteiger partial charge in [-0.15, -0.1) is 0 Å². The van der Waals surface area contributed by atoms with Gasteiger partial charge in [-0.1, -0.05) is 0 Å². The summed E-state index contributed by atoms with van der Waals surface area (Å²) in [5, 5.41) is 3.47. The number of methoxy groups -OCH3 is 1. The van der Waals surface area contributed by atoms with E-state index in [1.165, 1.54) is 5.56 Å². The second kappa shape index (κ2) is 11.0. The smallest absolute Gasteiger partial charge is 0.193 e. The third kappa shape index (κ3) is 6.46. The molecule has 7 heteroatoms. The van der Waals surface area contributed by atoms with Crippen LogP contribution < -0.4 is 10.2 Å². The molecule has 0 saturated carbocycles. The summed E-state index contributed by atoms with van der Waals surface area (Å²) < 4.78 is 11.0. The van der Waals surface area contributed by atoms with Crippen molar-refractivity contribution < 1.29 is 9.47 Å². The fraction of sp³-hybridized carbons (Fsp3) is 0.684. The number of aromatic nitrogens is 1. The van der Waals surface area contributed by atoms with Crippen LogP contribution in [-0.4, -0.2) is 76.5 Å². The van der Waals surface area contributed by atoms with Gasteiger partial charge in [0.1, 0.15) is 5.82 Å². The van der Waals surface area contributed by atoms with E-state index in [9.17, 15) is 0 Å². The van der Waals surface area contributed by atoms with E-state index in [-0.39, 0.29) is 0 Å². The zero-order valence-corrected chi connectivity index (χ0v) is 16.6. The number of pyridine rings is 1. The molecule has 26 heavy (non-hydrogen) atoms. The highest BCUT2D eigenvalue weighted by molar-refractivity contribution is 5.80. The van der Waals surface area contributed by atoms with Crippen LogP contribution in [-0.2, 0) is 16.0 Å². The van der Waals surface area contributed by atoms with E-state index in [0.29, 0.717) is 6.10 Å². The Labute approximate surface area is 157 Å². The summed E-state index contributed by atoms with van der Waals surface area (Å²) in [6, 6.07) is 4.13. The molecule has 146 valence electrons. The van der Waals surface area contributed by atoms with E-state index in [1.54, 1.807) is 7.11 Å². The van der Waals surface area contributed by atoms with Crippen molar-refractivity contribution >= 4 is 11.8 Å². The van der Waals surface area contributed by atoms with Crippen LogP contribution in [0.3, 0.4) is 0 Å². The maximum atomic E-state index is 5.93. The molecular weight excluding hydrogens is 330 g/mol. The summed E-state index contributed by atoms with van der Waals surface area (Å²) in [5.74, 6) is 1.91. The van der Waals surface area contributed by atoms with Gasteiger partial charge in [-0.25, -0.2) is 4.98 Å². The van der Waals surface area contributed by atoms with Gasteiger partial charge in [0.15, 0.2) is 5.96 Å². The van der Waals surface area contributed by atoms with E-state index in [0.717, 1.165) is 63.9 Å². The number of nitrogens with one attached hydrogen (secondary N) is 1. The molecule has 0 spiro atoms. The van der Waals surface area contributed by atoms with Crippen LogP contribution in [0.4, 0.5) is 5.82 Å². The Morgan fingerprint density at radius 3 is 2.77 bits per heavy atom. The summed E-state index contributed by atoms with van der Waals surface area (Å²) >= 11 is 0. The highest BCUT2D eigenvalue weighted by Crippen LogP contribution is 2.15. The Bertz CT molecular complexity index is 557. The van der Waals surface area contributed by atoms with Crippen LogP contribution in [0.15, 0.2) is 23.3 Å². The first-order valence-corrected chi connectivity index (χ1v) is 9.32. The van der Waals surface area contributed by atoms with Crippen LogP contribution >= 0.6 is 0 Å². The maximum Gasteiger partial charge on any atom is 0.193 e. The first-order valence-electron chi connectivity index (χ1n) is 9.32. The van der Waals surface area contributed by atoms with E-state index in [4.69, 9.17) is 9.47 Å². The molecule has 0 aliphatic carbocycles. The van der Waals surface area contributed by atoms with Crippen molar-refractivity contribution in [2.45, 2.75) is 31.9 Å². The van der Waals surface area contributed by atoms with Crippen molar-refractivity contribution in [3.05, 3.63) is 23.9 Å². The van der Waals surface area contributed by atoms with Crippen molar-refractivity contribution in [3.63, 3.8) is 0 Å². The minimum atomic E-state index is 0.351. The quantitative estimate of drug-likeness (QED) is 0.431. The van der Waals surface area contributed by atoms with Crippen molar-refractivity contribution in [2.24, 2.45) is 4.99 Å². The summed E-state index contributed by atoms with van der Waals surface area (Å²) in [7, 11) is 7.57. The monoisotopic (exact) mass is 363 g/mol. The number of likely N-dealkylation sites (tertiary alicyclic amines) is 1. The first kappa shape index (κ1) is 20.5. The molecule has 0 atom stereocenters. The number of piperidine rings is 1. The van der Waals surface area contributed by atoms with Gasteiger partial charge in [0.25, 0.3) is 0 Å². The lowest BCUT2D eigenvalue weighted by Crippen LogP contribution is -2.46. The van der Waals surface area contributed by atoms with E-state index < -0.39 is 0 Å². The number of hydrogen-bond acceptors (Lipinski definition) is 5. The number of ether oxygens (including phenoxy) is 2. The molecule has 0 bridgehead atoms. The number of anilines is 1. The largest absolute Gasteiger partial charge is 0.385 e. The third-order valence-electron chi connectivity index (χ3n) is 4.52. The fourth-order valence-electron chi connectivity index (χ4n) is 3.02. The second-order valence-corrected chi connectivity index (χ2v) is 6.72. The van der Waals surface area contributed by atoms with E-state index in [2.05, 4.69) is 26.3 Å². The molecule has 2 rings (SSSR count). The lowest BCUT2D eigenvalue weighted by atomic mass is 10.1. The summed E-state index contributed by atoms with van der Waals surface area (Å²) in [6.45, 7) is 4.22. The predicted molar refractivity (Wildman–Crippen MR) is 106 cm³/mol. The lowest BCUT2D eigenvalue weighted by Gasteiger charge is -2.34. The first-order chi connectivity index (χ1) is 12.6. The Morgan fingerprint density at radius 2 is 2.12 bits per heavy atom. The predicted octanol–water partition coefficient (Wildman–Crippen LogP) is 1.74. The molecule has 1 N–H and O–H groups in total. The number of hydrogen-bond donors (Lipinski definition) is 1. The number of rotatable bonds is 8. The van der Waals surface area contributed by atoms with Gasteiger partial charge in [-0.3, -0.25) is 4.99 Å². The highest BCUT2D eigenvalue weighted by atomic mass is 16.5. The summed E-state index contributed by atoms with van der Waals surface area (Å²) in [5.41, 5.74) is 1.20. The molecule has 1 aliphatic heterocycles. The molecule has 1 saturated heterocycles. The second-order valence-electron chi connectivity index (χ2n) is 6.72. The average molecular weight is 364 g/mol. The summed E-state index contributed by atoms with van der Waals surface area (Å²) in [4.78, 5) is 13.1. The van der Waals surface area contributed by atoms with Gasteiger partial charge in [-0.05, 0) is 37.0 Å². The van der Waals surface area contributed by atoms with Crippen molar-refractivity contribution in [3.8, 4) is 0 Å². The SMILES string of the molecule is CN=C(NCc1ccnc(N(C)C)c1)N1CCC(OCCCOC)CC1. The molecule has 1 fully saturated rings. The molecule has 1 aromatic rings. The van der Waals surface area contributed by atoms with Gasteiger partial charge in [-0.2, -0.15) is 0 Å². The van der Waals surface area contributed by atoms with Gasteiger partial charge in [0, 0.05) is 67.3 Å². The number of aliphatic imine (C=N–C) groups is 1. The zero-order chi connectivity index (χ0) is 18.8. The Morgan fingerprint density at radius 1 is 1.35 bits per heavy atom. The Kier molecular flexibility index (Phi) is 8.64. The van der Waals surface area contributed by atoms with Crippen molar-refractivity contribution in [1.29, 1.82) is 0 Å². The molecule has 1 aliphatic rings. The van der Waals surface area contributed by atoms with Crippen LogP contribution in [0.2, 0.25) is 0 Å². The standard InChI is InChI=1S/C19H33N5O2/c1-20-19(22-15-16-6-9-21-18(14-16)23(2)3)24-10-7-17(8-11-24)26-13-5-12-25-4/h6,9,14,17H,5,7-8,10-13,15H2,1-4H3,(H,20,22). The Hall–Kier alpha value is -1.86. The number of nitrogens with zero attached hydrogens (tertiary/aromatic N) is 4. The molecule has 2 heterocycles. The van der Waals surface area contributed by atoms with Gasteiger partial charge >= 0.3 is 0 Å². The fourth-order valence-corrected chi connectivity index (χ4v) is 3.02. The van der Waals surface area contributed by atoms with Crippen LogP contribution in [0.25, 0.3) is 0 Å². The van der Waals surface area contributed by atoms with E-state index in [1.807, 2.05) is 38.3 Å². The normalized spacial score (nSPS) is 16.0. The van der Waals surface area contributed by atoms with Crippen LogP contribution in [0.5, 0.6) is 0 Å².